The van der Waals surface area contributed by atoms with Gasteiger partial charge in [-0.3, -0.25) is 9.88 Å². The van der Waals surface area contributed by atoms with Crippen molar-refractivity contribution in [2.45, 2.75) is 26.3 Å². The van der Waals surface area contributed by atoms with Crippen LogP contribution in [0.25, 0.3) is 22.2 Å². The van der Waals surface area contributed by atoms with Crippen molar-refractivity contribution in [1.82, 2.24) is 24.8 Å². The first-order chi connectivity index (χ1) is 16.8. The van der Waals surface area contributed by atoms with Gasteiger partial charge in [0.1, 0.15) is 22.8 Å². The minimum absolute atomic E-state index is 0.000456. The van der Waals surface area contributed by atoms with Gasteiger partial charge >= 0.3 is 0 Å². The second kappa shape index (κ2) is 9.14. The van der Waals surface area contributed by atoms with Crippen LogP contribution in [0.3, 0.4) is 0 Å². The fourth-order valence-electron chi connectivity index (χ4n) is 4.31. The lowest BCUT2D eigenvalue weighted by atomic mass is 10.0. The molecule has 35 heavy (non-hydrogen) atoms. The molecule has 0 aliphatic carbocycles. The Bertz CT molecular complexity index is 1340. The zero-order chi connectivity index (χ0) is 24.6. The lowest BCUT2D eigenvalue weighted by Crippen LogP contribution is -2.53. The molecule has 1 saturated heterocycles. The summed E-state index contributed by atoms with van der Waals surface area (Å²) < 4.78 is 29.1. The van der Waals surface area contributed by atoms with Gasteiger partial charge in [0.2, 0.25) is 5.95 Å². The molecule has 0 spiro atoms. The van der Waals surface area contributed by atoms with Gasteiger partial charge in [-0.05, 0) is 51.1 Å². The molecular formula is C26H27F2N7. The molecule has 0 saturated carbocycles. The zero-order valence-electron chi connectivity index (χ0n) is 20.0. The number of anilines is 3. The van der Waals surface area contributed by atoms with Gasteiger partial charge in [-0.25, -0.2) is 23.7 Å². The molecule has 1 N–H and O–H groups in total. The van der Waals surface area contributed by atoms with Crippen molar-refractivity contribution in [2.24, 2.45) is 0 Å². The number of nitrogens with zero attached hydrogens (tertiary/aromatic N) is 6. The molecule has 7 nitrogen and oxygen atoms in total. The Morgan fingerprint density at radius 3 is 2.40 bits per heavy atom. The van der Waals surface area contributed by atoms with Crippen LogP contribution in [0.15, 0.2) is 55.0 Å². The molecule has 180 valence electrons. The van der Waals surface area contributed by atoms with Crippen molar-refractivity contribution in [3.05, 3.63) is 66.6 Å². The molecule has 0 radical (unpaired) electrons. The normalized spacial score (nSPS) is 14.9. The van der Waals surface area contributed by atoms with Crippen molar-refractivity contribution in [2.75, 3.05) is 36.4 Å². The van der Waals surface area contributed by atoms with Crippen molar-refractivity contribution < 1.29 is 8.78 Å². The number of nitrogens with one attached hydrogen (secondary N) is 1. The molecule has 0 amide bonds. The molecule has 5 rings (SSSR count). The number of pyridine rings is 2. The van der Waals surface area contributed by atoms with Gasteiger partial charge in [-0.15, -0.1) is 0 Å². The monoisotopic (exact) mass is 475 g/mol. The summed E-state index contributed by atoms with van der Waals surface area (Å²) in [6.45, 7) is 10.6. The minimum Gasteiger partial charge on any atom is -0.368 e. The van der Waals surface area contributed by atoms with E-state index in [1.807, 2.05) is 18.3 Å². The molecule has 4 aromatic rings. The Morgan fingerprint density at radius 2 is 1.69 bits per heavy atom. The molecule has 0 unspecified atom stereocenters. The van der Waals surface area contributed by atoms with Gasteiger partial charge in [0.15, 0.2) is 5.82 Å². The molecule has 0 bridgehead atoms. The molecule has 9 heteroatoms. The first kappa shape index (κ1) is 23.0. The molecule has 1 aliphatic rings. The Labute approximate surface area is 202 Å². The Morgan fingerprint density at radius 1 is 0.886 bits per heavy atom. The predicted octanol–water partition coefficient (Wildman–Crippen LogP) is 5.03. The molecular weight excluding hydrogens is 448 g/mol. The van der Waals surface area contributed by atoms with E-state index in [1.54, 1.807) is 18.2 Å². The summed E-state index contributed by atoms with van der Waals surface area (Å²) in [5.74, 6) is -0.470. The number of piperazine rings is 1. The summed E-state index contributed by atoms with van der Waals surface area (Å²) in [5, 5.41) is 3.58. The predicted molar refractivity (Wildman–Crippen MR) is 134 cm³/mol. The Balaban J connectivity index is 1.32. The number of hydrogen-bond donors (Lipinski definition) is 1. The van der Waals surface area contributed by atoms with Crippen molar-refractivity contribution >= 4 is 28.4 Å². The Hall–Kier alpha value is -3.72. The van der Waals surface area contributed by atoms with E-state index in [1.165, 1.54) is 12.3 Å². The smallest absolute Gasteiger partial charge is 0.229 e. The summed E-state index contributed by atoms with van der Waals surface area (Å²) in [4.78, 5) is 21.6. The highest BCUT2D eigenvalue weighted by atomic mass is 19.1. The second-order valence-electron chi connectivity index (χ2n) is 9.59. The second-order valence-corrected chi connectivity index (χ2v) is 9.59. The van der Waals surface area contributed by atoms with Crippen molar-refractivity contribution in [1.29, 1.82) is 0 Å². The van der Waals surface area contributed by atoms with E-state index in [4.69, 9.17) is 0 Å². The molecule has 0 atom stereocenters. The minimum atomic E-state index is -0.643. The van der Waals surface area contributed by atoms with Gasteiger partial charge < -0.3 is 10.2 Å². The largest absolute Gasteiger partial charge is 0.368 e. The Kier molecular flexibility index (Phi) is 6.02. The fourth-order valence-corrected chi connectivity index (χ4v) is 4.31. The maximum atomic E-state index is 14.6. The average molecular weight is 476 g/mol. The van der Waals surface area contributed by atoms with E-state index in [-0.39, 0.29) is 22.7 Å². The number of halogens is 2. The lowest BCUT2D eigenvalue weighted by Gasteiger charge is -2.42. The van der Waals surface area contributed by atoms with Crippen LogP contribution in [-0.2, 0) is 0 Å². The van der Waals surface area contributed by atoms with Crippen molar-refractivity contribution in [3.8, 4) is 11.3 Å². The van der Waals surface area contributed by atoms with Gasteiger partial charge in [0.05, 0.1) is 18.1 Å². The fraction of sp³-hybridized carbons (Fsp3) is 0.308. The van der Waals surface area contributed by atoms with Crippen LogP contribution in [0.4, 0.5) is 26.2 Å². The molecule has 1 fully saturated rings. The van der Waals surface area contributed by atoms with Gasteiger partial charge in [-0.1, -0.05) is 6.07 Å². The number of fused-ring (bicyclic) bond motifs is 1. The van der Waals surface area contributed by atoms with Crippen LogP contribution in [0.5, 0.6) is 0 Å². The number of hydrogen-bond acceptors (Lipinski definition) is 7. The van der Waals surface area contributed by atoms with E-state index in [0.29, 0.717) is 16.8 Å². The van der Waals surface area contributed by atoms with E-state index in [2.05, 4.69) is 55.8 Å². The van der Waals surface area contributed by atoms with E-state index < -0.39 is 11.6 Å². The van der Waals surface area contributed by atoms with Crippen LogP contribution in [0.2, 0.25) is 0 Å². The molecule has 4 heterocycles. The highest BCUT2D eigenvalue weighted by molar-refractivity contribution is 5.84. The van der Waals surface area contributed by atoms with Crippen LogP contribution >= 0.6 is 0 Å². The number of rotatable bonds is 4. The first-order valence-electron chi connectivity index (χ1n) is 11.6. The first-order valence-corrected chi connectivity index (χ1v) is 11.6. The van der Waals surface area contributed by atoms with Crippen LogP contribution in [0.1, 0.15) is 20.8 Å². The summed E-state index contributed by atoms with van der Waals surface area (Å²) in [5.41, 5.74) is 1.75. The topological polar surface area (TPSA) is 70.1 Å². The summed E-state index contributed by atoms with van der Waals surface area (Å²) in [6.07, 6.45) is 4.40. The van der Waals surface area contributed by atoms with Crippen LogP contribution < -0.4 is 10.2 Å². The molecule has 1 aromatic carbocycles. The van der Waals surface area contributed by atoms with E-state index >= 15 is 0 Å². The third-order valence-corrected chi connectivity index (χ3v) is 6.26. The average Bonchev–Trinajstić information content (AvgIpc) is 2.85. The summed E-state index contributed by atoms with van der Waals surface area (Å²) in [6, 6.07) is 10.2. The quantitative estimate of drug-likeness (QED) is 0.444. The maximum Gasteiger partial charge on any atom is 0.229 e. The maximum absolute atomic E-state index is 14.6. The van der Waals surface area contributed by atoms with Crippen LogP contribution in [-0.4, -0.2) is 56.6 Å². The highest BCUT2D eigenvalue weighted by Crippen LogP contribution is 2.28. The lowest BCUT2D eigenvalue weighted by molar-refractivity contribution is 0.128. The number of benzene rings is 1. The van der Waals surface area contributed by atoms with E-state index in [0.717, 1.165) is 38.1 Å². The highest BCUT2D eigenvalue weighted by Gasteiger charge is 2.26. The molecule has 3 aromatic heterocycles. The third kappa shape index (κ3) is 4.90. The van der Waals surface area contributed by atoms with Gasteiger partial charge in [0, 0.05) is 48.9 Å². The zero-order valence-corrected chi connectivity index (χ0v) is 20.0. The third-order valence-electron chi connectivity index (χ3n) is 6.26. The van der Waals surface area contributed by atoms with Crippen LogP contribution in [0, 0.1) is 11.6 Å². The van der Waals surface area contributed by atoms with E-state index in [9.17, 15) is 8.78 Å². The van der Waals surface area contributed by atoms with Crippen molar-refractivity contribution in [3.63, 3.8) is 0 Å². The van der Waals surface area contributed by atoms with Gasteiger partial charge in [0.25, 0.3) is 0 Å². The summed E-state index contributed by atoms with van der Waals surface area (Å²) >= 11 is 0. The standard InChI is InChI=1S/C26H27F2N7/c1-26(2,3)35-11-9-34(10-12-35)19-6-7-22(30-15-19)32-25-31-16-21(28)24(33-25)18-13-17-5-4-8-29-23(17)20(27)14-18/h4-8,13-16H,9-12H2,1-3H3,(H,30,31,32,33). The number of aromatic nitrogens is 4. The SMILES string of the molecule is CC(C)(C)N1CCN(c2ccc(Nc3ncc(F)c(-c4cc(F)c5ncccc5c4)n3)nc2)CC1. The summed E-state index contributed by atoms with van der Waals surface area (Å²) in [7, 11) is 0. The van der Waals surface area contributed by atoms with Gasteiger partial charge in [-0.2, -0.15) is 0 Å². The molecule has 1 aliphatic heterocycles.